The molecule has 0 fully saturated rings. The van der Waals surface area contributed by atoms with Crippen LogP contribution < -0.4 is 0 Å². The third-order valence-corrected chi connectivity index (χ3v) is 14.3. The van der Waals surface area contributed by atoms with Crippen LogP contribution in [0.4, 0.5) is 0 Å². The minimum Gasteiger partial charge on any atom is -0.462 e. The zero-order valence-electron chi connectivity index (χ0n) is 46.9. The highest BCUT2D eigenvalue weighted by Crippen LogP contribution is 2.18. The maximum absolute atomic E-state index is 12.9. The fourth-order valence-electron chi connectivity index (χ4n) is 9.56. The third kappa shape index (κ3) is 56.9. The molecule has 0 N–H and O–H groups in total. The summed E-state index contributed by atoms with van der Waals surface area (Å²) in [6.07, 6.45) is 67.9. The van der Waals surface area contributed by atoms with Gasteiger partial charge in [-0.3, -0.25) is 14.4 Å². The number of allylic oxidation sites excluding steroid dienone is 2. The highest BCUT2D eigenvalue weighted by atomic mass is 16.6. The van der Waals surface area contributed by atoms with Crippen molar-refractivity contribution in [3.05, 3.63) is 12.2 Å². The second-order valence-corrected chi connectivity index (χ2v) is 21.3. The van der Waals surface area contributed by atoms with Crippen LogP contribution in [-0.4, -0.2) is 37.2 Å². The second kappa shape index (κ2) is 58.7. The molecule has 408 valence electrons. The Labute approximate surface area is 431 Å². The van der Waals surface area contributed by atoms with Crippen molar-refractivity contribution in [2.24, 2.45) is 0 Å². The van der Waals surface area contributed by atoms with E-state index in [0.29, 0.717) is 19.3 Å². The molecule has 0 aliphatic carbocycles. The highest BCUT2D eigenvalue weighted by molar-refractivity contribution is 5.71. The largest absolute Gasteiger partial charge is 0.462 e. The van der Waals surface area contributed by atoms with E-state index in [4.69, 9.17) is 14.2 Å². The van der Waals surface area contributed by atoms with Crippen molar-refractivity contribution in [1.82, 2.24) is 0 Å². The van der Waals surface area contributed by atoms with Gasteiger partial charge in [-0.05, 0) is 44.9 Å². The molecule has 0 bridgehead atoms. The highest BCUT2D eigenvalue weighted by Gasteiger charge is 2.19. The van der Waals surface area contributed by atoms with Gasteiger partial charge in [-0.15, -0.1) is 0 Å². The zero-order valence-corrected chi connectivity index (χ0v) is 46.9. The molecule has 0 aromatic heterocycles. The monoisotopic (exact) mass is 973 g/mol. The number of rotatable bonds is 58. The Morgan fingerprint density at radius 2 is 0.478 bits per heavy atom. The zero-order chi connectivity index (χ0) is 50.0. The molecule has 0 saturated carbocycles. The summed E-state index contributed by atoms with van der Waals surface area (Å²) >= 11 is 0. The summed E-state index contributed by atoms with van der Waals surface area (Å²) in [5, 5.41) is 0. The van der Waals surface area contributed by atoms with Gasteiger partial charge in [-0.25, -0.2) is 0 Å². The van der Waals surface area contributed by atoms with Gasteiger partial charge in [0.1, 0.15) is 13.2 Å². The van der Waals surface area contributed by atoms with Gasteiger partial charge >= 0.3 is 17.9 Å². The lowest BCUT2D eigenvalue weighted by Gasteiger charge is -2.18. The summed E-state index contributed by atoms with van der Waals surface area (Å²) in [5.74, 6) is -0.849. The first kappa shape index (κ1) is 67.1. The van der Waals surface area contributed by atoms with Crippen molar-refractivity contribution < 1.29 is 28.6 Å². The molecule has 0 spiro atoms. The van der Waals surface area contributed by atoms with E-state index in [2.05, 4.69) is 32.9 Å². The molecule has 0 aromatic rings. The van der Waals surface area contributed by atoms with Gasteiger partial charge in [0.25, 0.3) is 0 Å². The summed E-state index contributed by atoms with van der Waals surface area (Å²) < 4.78 is 16.9. The lowest BCUT2D eigenvalue weighted by atomic mass is 10.0. The quantitative estimate of drug-likeness (QED) is 0.0261. The summed E-state index contributed by atoms with van der Waals surface area (Å²) in [6.45, 7) is 6.69. The standard InChI is InChI=1S/C63H120O6/c1-4-7-10-13-16-19-22-25-27-28-29-30-31-32-33-34-35-37-38-41-44-47-50-53-56-62(65)68-59-60(58-67-61(64)55-52-49-46-43-40-24-21-18-15-12-9-6-3)69-63(66)57-54-51-48-45-42-39-36-26-23-20-17-14-11-8-5-2/h26,36,60H,4-25,27-35,37-59H2,1-3H3/b36-26-. The fraction of sp³-hybridized carbons (Fsp3) is 0.921. The smallest absolute Gasteiger partial charge is 0.306 e. The maximum Gasteiger partial charge on any atom is 0.306 e. The Morgan fingerprint density at radius 3 is 0.725 bits per heavy atom. The first-order chi connectivity index (χ1) is 34.0. The Hall–Kier alpha value is -1.85. The van der Waals surface area contributed by atoms with Gasteiger partial charge in [0.2, 0.25) is 0 Å². The summed E-state index contributed by atoms with van der Waals surface area (Å²) in [6, 6.07) is 0. The molecule has 1 atom stereocenters. The molecule has 0 aliphatic rings. The van der Waals surface area contributed by atoms with Gasteiger partial charge in [0, 0.05) is 19.3 Å². The van der Waals surface area contributed by atoms with E-state index in [0.717, 1.165) is 64.2 Å². The van der Waals surface area contributed by atoms with Crippen LogP contribution in [0.15, 0.2) is 12.2 Å². The van der Waals surface area contributed by atoms with Crippen LogP contribution in [0.1, 0.15) is 355 Å². The first-order valence-corrected chi connectivity index (χ1v) is 31.2. The van der Waals surface area contributed by atoms with E-state index in [1.807, 2.05) is 0 Å². The third-order valence-electron chi connectivity index (χ3n) is 14.3. The van der Waals surface area contributed by atoms with Crippen molar-refractivity contribution in [1.29, 1.82) is 0 Å². The SMILES string of the molecule is CCCCCCCC/C=C\CCCCCCCC(=O)OC(COC(=O)CCCCCCCCCCCCCC)COC(=O)CCCCCCCCCCCCCCCCCCCCCCCCCC. The topological polar surface area (TPSA) is 78.9 Å². The predicted octanol–water partition coefficient (Wildman–Crippen LogP) is 20.9. The summed E-state index contributed by atoms with van der Waals surface area (Å²) in [7, 11) is 0. The molecular weight excluding hydrogens is 853 g/mol. The van der Waals surface area contributed by atoms with Crippen LogP contribution >= 0.6 is 0 Å². The van der Waals surface area contributed by atoms with E-state index in [-0.39, 0.29) is 31.1 Å². The van der Waals surface area contributed by atoms with Crippen molar-refractivity contribution in [3.63, 3.8) is 0 Å². The van der Waals surface area contributed by atoms with Gasteiger partial charge < -0.3 is 14.2 Å². The lowest BCUT2D eigenvalue weighted by Crippen LogP contribution is -2.30. The van der Waals surface area contributed by atoms with Crippen LogP contribution in [0, 0.1) is 0 Å². The Morgan fingerprint density at radius 1 is 0.275 bits per heavy atom. The fourth-order valence-corrected chi connectivity index (χ4v) is 9.56. The molecule has 1 unspecified atom stereocenters. The number of unbranched alkanes of at least 4 members (excludes halogenated alkanes) is 45. The summed E-state index contributed by atoms with van der Waals surface area (Å²) in [4.78, 5) is 38.2. The van der Waals surface area contributed by atoms with E-state index >= 15 is 0 Å². The lowest BCUT2D eigenvalue weighted by molar-refractivity contribution is -0.167. The number of esters is 3. The van der Waals surface area contributed by atoms with Crippen LogP contribution in [0.25, 0.3) is 0 Å². The summed E-state index contributed by atoms with van der Waals surface area (Å²) in [5.41, 5.74) is 0. The van der Waals surface area contributed by atoms with Gasteiger partial charge in [0.05, 0.1) is 0 Å². The molecule has 0 radical (unpaired) electrons. The average Bonchev–Trinajstić information content (AvgIpc) is 3.35. The first-order valence-electron chi connectivity index (χ1n) is 31.2. The number of carbonyl (C=O) groups excluding carboxylic acids is 3. The number of hydrogen-bond acceptors (Lipinski definition) is 6. The Kier molecular flexibility index (Phi) is 57.1. The molecule has 6 nitrogen and oxygen atoms in total. The van der Waals surface area contributed by atoms with Crippen molar-refractivity contribution in [2.45, 2.75) is 361 Å². The van der Waals surface area contributed by atoms with E-state index in [1.165, 1.54) is 250 Å². The van der Waals surface area contributed by atoms with Crippen molar-refractivity contribution >= 4 is 17.9 Å². The molecule has 0 saturated heterocycles. The second-order valence-electron chi connectivity index (χ2n) is 21.3. The molecular formula is C63H120O6. The van der Waals surface area contributed by atoms with Gasteiger partial charge in [-0.2, -0.15) is 0 Å². The Balaban J connectivity index is 4.20. The van der Waals surface area contributed by atoms with Crippen molar-refractivity contribution in [2.75, 3.05) is 13.2 Å². The molecule has 0 aromatic carbocycles. The normalized spacial score (nSPS) is 12.0. The average molecular weight is 974 g/mol. The van der Waals surface area contributed by atoms with Crippen LogP contribution in [0.5, 0.6) is 0 Å². The number of carbonyl (C=O) groups is 3. The van der Waals surface area contributed by atoms with E-state index in [9.17, 15) is 14.4 Å². The van der Waals surface area contributed by atoms with Crippen LogP contribution in [0.3, 0.4) is 0 Å². The van der Waals surface area contributed by atoms with E-state index < -0.39 is 6.10 Å². The van der Waals surface area contributed by atoms with Gasteiger partial charge in [-0.1, -0.05) is 303 Å². The molecule has 0 rings (SSSR count). The molecule has 6 heteroatoms. The maximum atomic E-state index is 12.9. The van der Waals surface area contributed by atoms with Crippen LogP contribution in [-0.2, 0) is 28.6 Å². The molecule has 0 aliphatic heterocycles. The minimum atomic E-state index is -0.769. The van der Waals surface area contributed by atoms with E-state index in [1.54, 1.807) is 0 Å². The predicted molar refractivity (Wildman–Crippen MR) is 298 cm³/mol. The van der Waals surface area contributed by atoms with Gasteiger partial charge in [0.15, 0.2) is 6.10 Å². The minimum absolute atomic E-state index is 0.0672. The molecule has 0 heterocycles. The molecule has 69 heavy (non-hydrogen) atoms. The number of hydrogen-bond donors (Lipinski definition) is 0. The molecule has 0 amide bonds. The van der Waals surface area contributed by atoms with Crippen molar-refractivity contribution in [3.8, 4) is 0 Å². The number of ether oxygens (including phenoxy) is 3. The Bertz CT molecular complexity index is 1070. The van der Waals surface area contributed by atoms with Crippen LogP contribution in [0.2, 0.25) is 0 Å².